The van der Waals surface area contributed by atoms with Crippen LogP contribution in [0.15, 0.2) is 15.8 Å². The Labute approximate surface area is 118 Å². The number of hydrogen-bond donors (Lipinski definition) is 3. The zero-order valence-corrected chi connectivity index (χ0v) is 11.4. The van der Waals surface area contributed by atoms with Gasteiger partial charge in [0, 0.05) is 20.3 Å². The van der Waals surface area contributed by atoms with Gasteiger partial charge in [-0.25, -0.2) is 4.79 Å². The molecule has 0 atom stereocenters. The van der Waals surface area contributed by atoms with Crippen LogP contribution in [0.1, 0.15) is 10.4 Å². The second kappa shape index (κ2) is 6.50. The zero-order chi connectivity index (χ0) is 16.2. The van der Waals surface area contributed by atoms with Gasteiger partial charge in [0.05, 0.1) is 6.54 Å². The molecular formula is C11H14N4O6. The molecule has 2 amide bonds. The summed E-state index contributed by atoms with van der Waals surface area (Å²) in [6.45, 7) is -1.06. The maximum atomic E-state index is 11.8. The van der Waals surface area contributed by atoms with Crippen LogP contribution in [-0.4, -0.2) is 45.1 Å². The zero-order valence-electron chi connectivity index (χ0n) is 11.4. The second-order valence-electron chi connectivity index (χ2n) is 4.15. The molecule has 3 N–H and O–H groups in total. The predicted octanol–water partition coefficient (Wildman–Crippen LogP) is -2.99. The van der Waals surface area contributed by atoms with Crippen molar-refractivity contribution in [3.63, 3.8) is 0 Å². The molecule has 0 unspecified atom stereocenters. The molecule has 114 valence electrons. The number of carbonyl (C=O) groups excluding carboxylic acids is 2. The number of aliphatic carboxylic acids is 1. The highest BCUT2D eigenvalue weighted by Gasteiger charge is 2.15. The molecule has 10 heteroatoms. The SMILES string of the molecule is Cn1cc(C(=O)NCC(=O)NCC(=O)O)c(=O)n(C)c1=O. The minimum atomic E-state index is -1.22. The van der Waals surface area contributed by atoms with E-state index in [2.05, 4.69) is 5.32 Å². The molecule has 21 heavy (non-hydrogen) atoms. The van der Waals surface area contributed by atoms with E-state index in [0.29, 0.717) is 0 Å². The summed E-state index contributed by atoms with van der Waals surface area (Å²) >= 11 is 0. The van der Waals surface area contributed by atoms with Gasteiger partial charge in [0.2, 0.25) is 5.91 Å². The average Bonchev–Trinajstić information content (AvgIpc) is 2.44. The number of rotatable bonds is 5. The van der Waals surface area contributed by atoms with E-state index < -0.39 is 42.1 Å². The highest BCUT2D eigenvalue weighted by molar-refractivity contribution is 5.96. The van der Waals surface area contributed by atoms with E-state index in [1.54, 1.807) is 0 Å². The van der Waals surface area contributed by atoms with Crippen LogP contribution in [0, 0.1) is 0 Å². The number of amides is 2. The summed E-state index contributed by atoms with van der Waals surface area (Å²) in [6, 6.07) is 0. The van der Waals surface area contributed by atoms with Crippen LogP contribution in [-0.2, 0) is 23.7 Å². The Balaban J connectivity index is 2.78. The van der Waals surface area contributed by atoms with Crippen molar-refractivity contribution < 1.29 is 19.5 Å². The Morgan fingerprint density at radius 2 is 1.76 bits per heavy atom. The van der Waals surface area contributed by atoms with E-state index in [-0.39, 0.29) is 5.56 Å². The number of nitrogens with zero attached hydrogens (tertiary/aromatic N) is 2. The van der Waals surface area contributed by atoms with Crippen LogP contribution < -0.4 is 21.9 Å². The molecule has 1 aromatic heterocycles. The van der Waals surface area contributed by atoms with Crippen molar-refractivity contribution in [2.75, 3.05) is 13.1 Å². The van der Waals surface area contributed by atoms with Gasteiger partial charge in [-0.05, 0) is 0 Å². The van der Waals surface area contributed by atoms with Gasteiger partial charge in [0.15, 0.2) is 0 Å². The lowest BCUT2D eigenvalue weighted by atomic mass is 10.3. The van der Waals surface area contributed by atoms with Crippen LogP contribution in [0.5, 0.6) is 0 Å². The van der Waals surface area contributed by atoms with Gasteiger partial charge in [0.1, 0.15) is 12.1 Å². The van der Waals surface area contributed by atoms with Gasteiger partial charge in [-0.3, -0.25) is 23.7 Å². The van der Waals surface area contributed by atoms with Crippen molar-refractivity contribution in [1.29, 1.82) is 0 Å². The van der Waals surface area contributed by atoms with Crippen LogP contribution in [0.4, 0.5) is 0 Å². The first kappa shape index (κ1) is 16.1. The maximum Gasteiger partial charge on any atom is 0.330 e. The Morgan fingerprint density at radius 3 is 2.33 bits per heavy atom. The molecule has 1 rings (SSSR count). The van der Waals surface area contributed by atoms with Crippen molar-refractivity contribution in [3.8, 4) is 0 Å². The first-order chi connectivity index (χ1) is 9.73. The van der Waals surface area contributed by atoms with Crippen LogP contribution in [0.2, 0.25) is 0 Å². The lowest BCUT2D eigenvalue weighted by Gasteiger charge is -2.07. The molecule has 1 aromatic rings. The minimum Gasteiger partial charge on any atom is -0.480 e. The minimum absolute atomic E-state index is 0.300. The molecule has 0 aromatic carbocycles. The van der Waals surface area contributed by atoms with Gasteiger partial charge in [-0.15, -0.1) is 0 Å². The van der Waals surface area contributed by atoms with Crippen LogP contribution in [0.3, 0.4) is 0 Å². The van der Waals surface area contributed by atoms with Gasteiger partial charge >= 0.3 is 11.7 Å². The molecule has 0 aliphatic carbocycles. The number of carbonyl (C=O) groups is 3. The second-order valence-corrected chi connectivity index (χ2v) is 4.15. The largest absolute Gasteiger partial charge is 0.480 e. The summed E-state index contributed by atoms with van der Waals surface area (Å²) in [5.74, 6) is -2.77. The highest BCUT2D eigenvalue weighted by Crippen LogP contribution is 1.87. The first-order valence-electron chi connectivity index (χ1n) is 5.77. The van der Waals surface area contributed by atoms with E-state index in [1.165, 1.54) is 14.1 Å². The standard InChI is InChI=1S/C11H14N4O6/c1-14-5-6(10(20)15(2)11(14)21)9(19)13-3-7(16)12-4-8(17)18/h5H,3-4H2,1-2H3,(H,12,16)(H,13,19)(H,17,18). The Morgan fingerprint density at radius 1 is 1.14 bits per heavy atom. The number of aromatic nitrogens is 2. The summed E-state index contributed by atoms with van der Waals surface area (Å²) in [5.41, 5.74) is -1.68. The molecule has 0 aliphatic heterocycles. The lowest BCUT2D eigenvalue weighted by molar-refractivity contribution is -0.137. The average molecular weight is 298 g/mol. The van der Waals surface area contributed by atoms with Crippen molar-refractivity contribution in [3.05, 3.63) is 32.6 Å². The van der Waals surface area contributed by atoms with Crippen molar-refractivity contribution in [2.24, 2.45) is 14.1 Å². The smallest absolute Gasteiger partial charge is 0.330 e. The summed E-state index contributed by atoms with van der Waals surface area (Å²) in [6.07, 6.45) is 1.06. The monoisotopic (exact) mass is 298 g/mol. The third-order valence-corrected chi connectivity index (χ3v) is 2.54. The molecule has 0 bridgehead atoms. The molecule has 10 nitrogen and oxygen atoms in total. The fraction of sp³-hybridized carbons (Fsp3) is 0.364. The third-order valence-electron chi connectivity index (χ3n) is 2.54. The van der Waals surface area contributed by atoms with E-state index in [9.17, 15) is 24.0 Å². The van der Waals surface area contributed by atoms with Crippen LogP contribution >= 0.6 is 0 Å². The molecule has 1 heterocycles. The number of hydrogen-bond acceptors (Lipinski definition) is 5. The molecule has 0 aliphatic rings. The molecule has 0 spiro atoms. The van der Waals surface area contributed by atoms with E-state index in [1.807, 2.05) is 5.32 Å². The Bertz CT molecular complexity index is 702. The fourth-order valence-corrected chi connectivity index (χ4v) is 1.46. The number of aryl methyl sites for hydroxylation is 1. The summed E-state index contributed by atoms with van der Waals surface area (Å²) < 4.78 is 1.82. The van der Waals surface area contributed by atoms with E-state index in [0.717, 1.165) is 15.3 Å². The summed E-state index contributed by atoms with van der Waals surface area (Å²) in [7, 11) is 2.60. The Kier molecular flexibility index (Phi) is 5.00. The van der Waals surface area contributed by atoms with Gasteiger partial charge in [0.25, 0.3) is 11.5 Å². The predicted molar refractivity (Wildman–Crippen MR) is 69.9 cm³/mol. The number of carboxylic acids is 1. The molecule has 0 saturated heterocycles. The first-order valence-corrected chi connectivity index (χ1v) is 5.77. The Hall–Kier alpha value is -2.91. The van der Waals surface area contributed by atoms with Gasteiger partial charge < -0.3 is 20.3 Å². The highest BCUT2D eigenvalue weighted by atomic mass is 16.4. The quantitative estimate of drug-likeness (QED) is 0.530. The maximum absolute atomic E-state index is 11.8. The molecule has 0 saturated carbocycles. The fourth-order valence-electron chi connectivity index (χ4n) is 1.46. The van der Waals surface area contributed by atoms with Crippen molar-refractivity contribution in [2.45, 2.75) is 0 Å². The van der Waals surface area contributed by atoms with Gasteiger partial charge in [-0.1, -0.05) is 0 Å². The molecule has 0 fully saturated rings. The van der Waals surface area contributed by atoms with Gasteiger partial charge in [-0.2, -0.15) is 0 Å². The number of carboxylic acid groups (broad SMARTS) is 1. The molecule has 0 radical (unpaired) electrons. The summed E-state index contributed by atoms with van der Waals surface area (Å²) in [4.78, 5) is 56.5. The normalized spacial score (nSPS) is 10.0. The van der Waals surface area contributed by atoms with Crippen LogP contribution in [0.25, 0.3) is 0 Å². The van der Waals surface area contributed by atoms with Crippen molar-refractivity contribution in [1.82, 2.24) is 19.8 Å². The summed E-state index contributed by atoms with van der Waals surface area (Å²) in [5, 5.41) is 12.6. The van der Waals surface area contributed by atoms with Crippen molar-refractivity contribution >= 4 is 17.8 Å². The topological polar surface area (TPSA) is 140 Å². The van der Waals surface area contributed by atoms with E-state index >= 15 is 0 Å². The van der Waals surface area contributed by atoms with E-state index in [4.69, 9.17) is 5.11 Å². The third kappa shape index (κ3) is 4.03. The number of nitrogens with one attached hydrogen (secondary N) is 2. The molecular weight excluding hydrogens is 284 g/mol. The lowest BCUT2D eigenvalue weighted by Crippen LogP contribution is -2.44.